The van der Waals surface area contributed by atoms with Crippen LogP contribution >= 0.6 is 0 Å². The predicted molar refractivity (Wildman–Crippen MR) is 131 cm³/mol. The van der Waals surface area contributed by atoms with Crippen molar-refractivity contribution < 1.29 is 18.7 Å². The van der Waals surface area contributed by atoms with Crippen LogP contribution in [-0.4, -0.2) is 72.9 Å². The van der Waals surface area contributed by atoms with Gasteiger partial charge in [0.05, 0.1) is 7.11 Å². The predicted octanol–water partition coefficient (Wildman–Crippen LogP) is 4.20. The molecule has 0 radical (unpaired) electrons. The summed E-state index contributed by atoms with van der Waals surface area (Å²) in [5, 5.41) is 0. The van der Waals surface area contributed by atoms with Crippen LogP contribution in [0.1, 0.15) is 48.5 Å². The Morgan fingerprint density at radius 3 is 2.26 bits per heavy atom. The fourth-order valence-electron chi connectivity index (χ4n) is 4.15. The molecule has 0 aromatic heterocycles. The monoisotopic (exact) mass is 469 g/mol. The minimum atomic E-state index is -0.293. The molecule has 184 valence electrons. The average molecular weight is 470 g/mol. The van der Waals surface area contributed by atoms with Crippen molar-refractivity contribution in [2.24, 2.45) is 0 Å². The molecular formula is C27H36FN3O3. The Hall–Kier alpha value is -2.93. The molecule has 0 spiro atoms. The Morgan fingerprint density at radius 1 is 0.971 bits per heavy atom. The highest BCUT2D eigenvalue weighted by atomic mass is 19.1. The van der Waals surface area contributed by atoms with Crippen LogP contribution in [0.4, 0.5) is 4.39 Å². The summed E-state index contributed by atoms with van der Waals surface area (Å²) in [6, 6.07) is 13.4. The molecule has 0 aliphatic carbocycles. The zero-order valence-electron chi connectivity index (χ0n) is 20.3. The summed E-state index contributed by atoms with van der Waals surface area (Å²) in [7, 11) is 1.59. The highest BCUT2D eigenvalue weighted by Gasteiger charge is 2.22. The third-order valence-corrected chi connectivity index (χ3v) is 6.32. The van der Waals surface area contributed by atoms with Crippen LogP contribution in [0.5, 0.6) is 5.75 Å². The average Bonchev–Trinajstić information content (AvgIpc) is 2.87. The molecule has 2 aromatic carbocycles. The zero-order valence-corrected chi connectivity index (χ0v) is 20.3. The van der Waals surface area contributed by atoms with E-state index in [1.165, 1.54) is 12.1 Å². The zero-order chi connectivity index (χ0) is 24.3. The van der Waals surface area contributed by atoms with Crippen LogP contribution < -0.4 is 4.74 Å². The molecule has 0 N–H and O–H groups in total. The van der Waals surface area contributed by atoms with Gasteiger partial charge >= 0.3 is 0 Å². The first-order chi connectivity index (χ1) is 16.5. The number of benzene rings is 2. The van der Waals surface area contributed by atoms with Crippen molar-refractivity contribution >= 4 is 11.8 Å². The normalized spacial score (nSPS) is 14.1. The van der Waals surface area contributed by atoms with Crippen LogP contribution in [0.15, 0.2) is 48.5 Å². The Kier molecular flexibility index (Phi) is 9.89. The second-order valence-corrected chi connectivity index (χ2v) is 8.76. The van der Waals surface area contributed by atoms with Gasteiger partial charge in [-0.2, -0.15) is 0 Å². The number of nitrogens with zero attached hydrogens (tertiary/aromatic N) is 3. The van der Waals surface area contributed by atoms with Gasteiger partial charge in [-0.3, -0.25) is 14.5 Å². The summed E-state index contributed by atoms with van der Waals surface area (Å²) in [5.74, 6) is 0.583. The fourth-order valence-corrected chi connectivity index (χ4v) is 4.15. The summed E-state index contributed by atoms with van der Waals surface area (Å²) in [4.78, 5) is 31.7. The number of ether oxygens (including phenoxy) is 1. The molecule has 1 fully saturated rings. The number of carbonyl (C=O) groups excluding carboxylic acids is 2. The van der Waals surface area contributed by atoms with E-state index in [-0.39, 0.29) is 17.6 Å². The Balaban J connectivity index is 1.58. The van der Waals surface area contributed by atoms with Crippen molar-refractivity contribution in [3.63, 3.8) is 0 Å². The molecule has 0 saturated carbocycles. The number of methoxy groups -OCH3 is 1. The van der Waals surface area contributed by atoms with Crippen LogP contribution in [0, 0.1) is 5.82 Å². The molecule has 0 bridgehead atoms. The summed E-state index contributed by atoms with van der Waals surface area (Å²) >= 11 is 0. The Labute approximate surface area is 202 Å². The Bertz CT molecular complexity index is 910. The first-order valence-corrected chi connectivity index (χ1v) is 12.2. The van der Waals surface area contributed by atoms with Crippen molar-refractivity contribution in [1.82, 2.24) is 14.7 Å². The number of amides is 2. The molecule has 1 aliphatic rings. The topological polar surface area (TPSA) is 53.1 Å². The maximum Gasteiger partial charge on any atom is 0.254 e. The smallest absolute Gasteiger partial charge is 0.254 e. The van der Waals surface area contributed by atoms with E-state index in [0.29, 0.717) is 30.8 Å². The quantitative estimate of drug-likeness (QED) is 0.463. The molecular weight excluding hydrogens is 433 g/mol. The van der Waals surface area contributed by atoms with Crippen molar-refractivity contribution in [2.45, 2.75) is 39.2 Å². The van der Waals surface area contributed by atoms with E-state index in [9.17, 15) is 14.0 Å². The van der Waals surface area contributed by atoms with Gasteiger partial charge < -0.3 is 14.5 Å². The third kappa shape index (κ3) is 7.55. The number of halogens is 1. The summed E-state index contributed by atoms with van der Waals surface area (Å²) < 4.78 is 18.6. The van der Waals surface area contributed by atoms with Crippen LogP contribution in [0.3, 0.4) is 0 Å². The third-order valence-electron chi connectivity index (χ3n) is 6.32. The van der Waals surface area contributed by atoms with Gasteiger partial charge in [0.1, 0.15) is 11.6 Å². The molecule has 2 aromatic rings. The minimum Gasteiger partial charge on any atom is -0.497 e. The second-order valence-electron chi connectivity index (χ2n) is 8.76. The number of piperazine rings is 1. The van der Waals surface area contributed by atoms with Gasteiger partial charge in [0, 0.05) is 57.8 Å². The van der Waals surface area contributed by atoms with Crippen molar-refractivity contribution in [1.29, 1.82) is 0 Å². The molecule has 7 heteroatoms. The van der Waals surface area contributed by atoms with E-state index in [1.54, 1.807) is 48.4 Å². The number of unbranched alkanes of at least 4 members (excludes halogenated alkanes) is 2. The van der Waals surface area contributed by atoms with Crippen molar-refractivity contribution in [3.05, 3.63) is 65.5 Å². The van der Waals surface area contributed by atoms with Gasteiger partial charge in [0.2, 0.25) is 5.91 Å². The molecule has 0 atom stereocenters. The fraction of sp³-hybridized carbons (Fsp3) is 0.481. The second kappa shape index (κ2) is 13.1. The standard InChI is InChI=1S/C27H36FN3O3/c1-3-4-5-6-26(32)30-18-15-29(16-19-30)17-20-31(21-22-7-11-24(28)12-8-22)27(33)23-9-13-25(34-2)14-10-23/h7-14H,3-6,15-21H2,1-2H3. The van der Waals surface area contributed by atoms with Gasteiger partial charge in [-0.25, -0.2) is 4.39 Å². The van der Waals surface area contributed by atoms with Gasteiger partial charge in [-0.05, 0) is 48.4 Å². The Morgan fingerprint density at radius 2 is 1.65 bits per heavy atom. The molecule has 1 saturated heterocycles. The lowest BCUT2D eigenvalue weighted by atomic mass is 10.1. The van der Waals surface area contributed by atoms with Crippen molar-refractivity contribution in [2.75, 3.05) is 46.4 Å². The van der Waals surface area contributed by atoms with E-state index in [1.807, 2.05) is 4.90 Å². The van der Waals surface area contributed by atoms with Gasteiger partial charge in [-0.15, -0.1) is 0 Å². The van der Waals surface area contributed by atoms with E-state index in [4.69, 9.17) is 4.74 Å². The van der Waals surface area contributed by atoms with E-state index < -0.39 is 0 Å². The summed E-state index contributed by atoms with van der Waals surface area (Å²) in [6.07, 6.45) is 3.81. The molecule has 6 nitrogen and oxygen atoms in total. The largest absolute Gasteiger partial charge is 0.497 e. The van der Waals surface area contributed by atoms with Gasteiger partial charge in [-0.1, -0.05) is 31.9 Å². The van der Waals surface area contributed by atoms with Crippen LogP contribution in [-0.2, 0) is 11.3 Å². The minimum absolute atomic E-state index is 0.0725. The number of carbonyl (C=O) groups is 2. The lowest BCUT2D eigenvalue weighted by Gasteiger charge is -2.36. The van der Waals surface area contributed by atoms with Crippen LogP contribution in [0.2, 0.25) is 0 Å². The number of rotatable bonds is 11. The summed E-state index contributed by atoms with van der Waals surface area (Å²) in [6.45, 7) is 6.89. The van der Waals surface area contributed by atoms with Gasteiger partial charge in [0.25, 0.3) is 5.91 Å². The first-order valence-electron chi connectivity index (χ1n) is 12.2. The molecule has 3 rings (SSSR count). The molecule has 2 amide bonds. The lowest BCUT2D eigenvalue weighted by Crippen LogP contribution is -2.50. The highest BCUT2D eigenvalue weighted by Crippen LogP contribution is 2.16. The van der Waals surface area contributed by atoms with E-state index >= 15 is 0 Å². The molecule has 0 unspecified atom stereocenters. The highest BCUT2D eigenvalue weighted by molar-refractivity contribution is 5.94. The van der Waals surface area contributed by atoms with E-state index in [0.717, 1.165) is 57.5 Å². The molecule has 34 heavy (non-hydrogen) atoms. The summed E-state index contributed by atoms with van der Waals surface area (Å²) in [5.41, 5.74) is 1.47. The van der Waals surface area contributed by atoms with E-state index in [2.05, 4.69) is 11.8 Å². The molecule has 1 heterocycles. The van der Waals surface area contributed by atoms with Gasteiger partial charge in [0.15, 0.2) is 0 Å². The number of hydrogen-bond donors (Lipinski definition) is 0. The SMILES string of the molecule is CCCCCC(=O)N1CCN(CCN(Cc2ccc(F)cc2)C(=O)c2ccc(OC)cc2)CC1. The first kappa shape index (κ1) is 25.7. The number of hydrogen-bond acceptors (Lipinski definition) is 4. The molecule has 1 aliphatic heterocycles. The van der Waals surface area contributed by atoms with Crippen molar-refractivity contribution in [3.8, 4) is 5.75 Å². The van der Waals surface area contributed by atoms with Crippen LogP contribution in [0.25, 0.3) is 0 Å². The maximum absolute atomic E-state index is 13.4. The lowest BCUT2D eigenvalue weighted by molar-refractivity contribution is -0.133. The maximum atomic E-state index is 13.4.